The van der Waals surface area contributed by atoms with Crippen LogP contribution in [0.25, 0.3) is 0 Å². The van der Waals surface area contributed by atoms with E-state index in [1.165, 1.54) is 19.3 Å². The summed E-state index contributed by atoms with van der Waals surface area (Å²) >= 11 is 0. The van der Waals surface area contributed by atoms with Gasteiger partial charge in [0.2, 0.25) is 0 Å². The number of methoxy groups -OCH3 is 1. The molecule has 0 aliphatic heterocycles. The van der Waals surface area contributed by atoms with E-state index in [0.29, 0.717) is 10.8 Å². The predicted octanol–water partition coefficient (Wildman–Crippen LogP) is 3.22. The Labute approximate surface area is 101 Å². The van der Waals surface area contributed by atoms with Crippen molar-refractivity contribution in [3.8, 4) is 0 Å². The highest BCUT2D eigenvalue weighted by Gasteiger charge is 2.31. The SMILES string of the molecule is COCCC(C)(C)CNC1CCC(C)(C)C1. The smallest absolute Gasteiger partial charge is 0.0467 e. The number of rotatable bonds is 6. The molecule has 2 heteroatoms. The molecule has 2 nitrogen and oxygen atoms in total. The molecule has 1 aliphatic rings. The zero-order chi connectivity index (χ0) is 12.2. The maximum Gasteiger partial charge on any atom is 0.0467 e. The second-order valence-electron chi connectivity index (χ2n) is 6.89. The summed E-state index contributed by atoms with van der Waals surface area (Å²) in [5.74, 6) is 0. The van der Waals surface area contributed by atoms with Crippen LogP contribution in [0.4, 0.5) is 0 Å². The minimum Gasteiger partial charge on any atom is -0.385 e. The van der Waals surface area contributed by atoms with E-state index in [9.17, 15) is 0 Å². The van der Waals surface area contributed by atoms with Crippen LogP contribution in [0.15, 0.2) is 0 Å². The largest absolute Gasteiger partial charge is 0.385 e. The van der Waals surface area contributed by atoms with Gasteiger partial charge in [0.1, 0.15) is 0 Å². The third-order valence-electron chi connectivity index (χ3n) is 3.82. The van der Waals surface area contributed by atoms with Gasteiger partial charge in [0.05, 0.1) is 0 Å². The summed E-state index contributed by atoms with van der Waals surface area (Å²) in [5.41, 5.74) is 0.900. The fourth-order valence-electron chi connectivity index (χ4n) is 2.50. The van der Waals surface area contributed by atoms with Crippen molar-refractivity contribution in [3.63, 3.8) is 0 Å². The highest BCUT2D eigenvalue weighted by atomic mass is 16.5. The second-order valence-corrected chi connectivity index (χ2v) is 6.89. The molecule has 1 saturated carbocycles. The third-order valence-corrected chi connectivity index (χ3v) is 3.82. The molecule has 1 N–H and O–H groups in total. The first-order valence-corrected chi connectivity index (χ1v) is 6.57. The summed E-state index contributed by atoms with van der Waals surface area (Å²) in [4.78, 5) is 0. The van der Waals surface area contributed by atoms with E-state index in [1.807, 2.05) is 0 Å². The van der Waals surface area contributed by atoms with E-state index >= 15 is 0 Å². The molecule has 1 unspecified atom stereocenters. The van der Waals surface area contributed by atoms with Crippen molar-refractivity contribution in [1.29, 1.82) is 0 Å². The van der Waals surface area contributed by atoms with Crippen molar-refractivity contribution in [2.24, 2.45) is 10.8 Å². The lowest BCUT2D eigenvalue weighted by molar-refractivity contribution is 0.148. The van der Waals surface area contributed by atoms with Gasteiger partial charge in [0.25, 0.3) is 0 Å². The Hall–Kier alpha value is -0.0800. The molecule has 0 saturated heterocycles. The number of ether oxygens (including phenoxy) is 1. The zero-order valence-corrected chi connectivity index (χ0v) is 11.7. The van der Waals surface area contributed by atoms with Crippen molar-refractivity contribution in [2.45, 2.75) is 59.4 Å². The lowest BCUT2D eigenvalue weighted by Gasteiger charge is -2.27. The lowest BCUT2D eigenvalue weighted by atomic mass is 9.89. The summed E-state index contributed by atoms with van der Waals surface area (Å²) in [6, 6.07) is 0.733. The third kappa shape index (κ3) is 4.84. The van der Waals surface area contributed by atoms with E-state index in [0.717, 1.165) is 25.6 Å². The quantitative estimate of drug-likeness (QED) is 0.752. The summed E-state index contributed by atoms with van der Waals surface area (Å²) in [6.45, 7) is 11.4. The van der Waals surface area contributed by atoms with Gasteiger partial charge in [-0.2, -0.15) is 0 Å². The minimum absolute atomic E-state index is 0.350. The van der Waals surface area contributed by atoms with Gasteiger partial charge in [0, 0.05) is 26.3 Å². The van der Waals surface area contributed by atoms with Crippen molar-refractivity contribution in [2.75, 3.05) is 20.3 Å². The molecule has 1 atom stereocenters. The van der Waals surface area contributed by atoms with Crippen LogP contribution in [0.5, 0.6) is 0 Å². The molecular formula is C14H29NO. The second kappa shape index (κ2) is 5.50. The van der Waals surface area contributed by atoms with Crippen LogP contribution in [-0.4, -0.2) is 26.3 Å². The van der Waals surface area contributed by atoms with Crippen molar-refractivity contribution in [3.05, 3.63) is 0 Å². The average Bonchev–Trinajstić information content (AvgIpc) is 2.53. The van der Waals surface area contributed by atoms with Crippen LogP contribution < -0.4 is 5.32 Å². The lowest BCUT2D eigenvalue weighted by Crippen LogP contribution is -2.36. The summed E-state index contributed by atoms with van der Waals surface area (Å²) in [6.07, 6.45) is 5.16. The van der Waals surface area contributed by atoms with E-state index in [2.05, 4.69) is 33.0 Å². The first kappa shape index (κ1) is 14.0. The van der Waals surface area contributed by atoms with Crippen LogP contribution in [0.2, 0.25) is 0 Å². The highest BCUT2D eigenvalue weighted by molar-refractivity contribution is 4.87. The topological polar surface area (TPSA) is 21.3 Å². The van der Waals surface area contributed by atoms with Crippen LogP contribution in [-0.2, 0) is 4.74 Å². The maximum absolute atomic E-state index is 5.15. The summed E-state index contributed by atoms with van der Waals surface area (Å²) < 4.78 is 5.15. The highest BCUT2D eigenvalue weighted by Crippen LogP contribution is 2.37. The molecule has 0 spiro atoms. The molecule has 1 aliphatic carbocycles. The number of hydrogen-bond donors (Lipinski definition) is 1. The van der Waals surface area contributed by atoms with Crippen molar-refractivity contribution >= 4 is 0 Å². The van der Waals surface area contributed by atoms with Gasteiger partial charge >= 0.3 is 0 Å². The van der Waals surface area contributed by atoms with Crippen LogP contribution in [0, 0.1) is 10.8 Å². The number of hydrogen-bond acceptors (Lipinski definition) is 2. The molecule has 0 radical (unpaired) electrons. The van der Waals surface area contributed by atoms with Crippen LogP contribution in [0.1, 0.15) is 53.4 Å². The van der Waals surface area contributed by atoms with Gasteiger partial charge in [-0.3, -0.25) is 0 Å². The molecule has 0 heterocycles. The normalized spacial score (nSPS) is 24.9. The molecule has 0 aromatic heterocycles. The summed E-state index contributed by atoms with van der Waals surface area (Å²) in [7, 11) is 1.78. The van der Waals surface area contributed by atoms with Gasteiger partial charge in [0.15, 0.2) is 0 Å². The molecule has 0 bridgehead atoms. The molecule has 96 valence electrons. The predicted molar refractivity (Wildman–Crippen MR) is 69.7 cm³/mol. The first-order valence-electron chi connectivity index (χ1n) is 6.57. The zero-order valence-electron chi connectivity index (χ0n) is 11.7. The van der Waals surface area contributed by atoms with Gasteiger partial charge in [-0.05, 0) is 36.5 Å². The van der Waals surface area contributed by atoms with Crippen molar-refractivity contribution in [1.82, 2.24) is 5.32 Å². The van der Waals surface area contributed by atoms with Crippen LogP contribution >= 0.6 is 0 Å². The van der Waals surface area contributed by atoms with Crippen molar-refractivity contribution < 1.29 is 4.74 Å². The van der Waals surface area contributed by atoms with Gasteiger partial charge in [-0.1, -0.05) is 27.7 Å². The monoisotopic (exact) mass is 227 g/mol. The molecule has 1 fully saturated rings. The Morgan fingerprint density at radius 2 is 2.06 bits per heavy atom. The Balaban J connectivity index is 2.24. The summed E-state index contributed by atoms with van der Waals surface area (Å²) in [5, 5.41) is 3.73. The Kier molecular flexibility index (Phi) is 4.81. The molecule has 0 amide bonds. The Morgan fingerprint density at radius 3 is 2.56 bits per heavy atom. The maximum atomic E-state index is 5.15. The van der Waals surface area contributed by atoms with Gasteiger partial charge in [-0.25, -0.2) is 0 Å². The molecule has 1 rings (SSSR count). The Bertz CT molecular complexity index is 211. The van der Waals surface area contributed by atoms with E-state index in [-0.39, 0.29) is 0 Å². The first-order chi connectivity index (χ1) is 7.35. The average molecular weight is 227 g/mol. The molecular weight excluding hydrogens is 198 g/mol. The molecule has 0 aromatic carbocycles. The fraction of sp³-hybridized carbons (Fsp3) is 1.00. The number of nitrogens with one attached hydrogen (secondary N) is 1. The molecule has 0 aromatic rings. The molecule has 16 heavy (non-hydrogen) atoms. The standard InChI is InChI=1S/C14H29NO/c1-13(2)7-6-12(10-13)15-11-14(3,4)8-9-16-5/h12,15H,6-11H2,1-5H3. The fourth-order valence-corrected chi connectivity index (χ4v) is 2.50. The van der Waals surface area contributed by atoms with E-state index in [4.69, 9.17) is 4.74 Å². The van der Waals surface area contributed by atoms with Gasteiger partial charge < -0.3 is 10.1 Å². The minimum atomic E-state index is 0.350. The van der Waals surface area contributed by atoms with Crippen LogP contribution in [0.3, 0.4) is 0 Å². The van der Waals surface area contributed by atoms with Gasteiger partial charge in [-0.15, -0.1) is 0 Å². The Morgan fingerprint density at radius 1 is 1.38 bits per heavy atom. The van der Waals surface area contributed by atoms with E-state index in [1.54, 1.807) is 7.11 Å². The van der Waals surface area contributed by atoms with E-state index < -0.39 is 0 Å².